The lowest BCUT2D eigenvalue weighted by Gasteiger charge is -2.33. The van der Waals surface area contributed by atoms with Crippen LogP contribution in [0, 0.1) is 13.8 Å². The minimum absolute atomic E-state index is 0.107. The minimum atomic E-state index is -0.273. The number of urea groups is 1. The highest BCUT2D eigenvalue weighted by Crippen LogP contribution is 2.22. The molecule has 2 aromatic heterocycles. The summed E-state index contributed by atoms with van der Waals surface area (Å²) in [4.78, 5) is 23.4. The van der Waals surface area contributed by atoms with Crippen LogP contribution >= 0.6 is 0 Å². The predicted molar refractivity (Wildman–Crippen MR) is 111 cm³/mol. The molecule has 150 valence electrons. The lowest BCUT2D eigenvalue weighted by atomic mass is 10.1. The van der Waals surface area contributed by atoms with Gasteiger partial charge in [-0.3, -0.25) is 5.32 Å². The third kappa shape index (κ3) is 4.71. The van der Waals surface area contributed by atoms with Gasteiger partial charge in [0.2, 0.25) is 0 Å². The van der Waals surface area contributed by atoms with E-state index in [0.29, 0.717) is 11.6 Å². The third-order valence-electron chi connectivity index (χ3n) is 4.92. The summed E-state index contributed by atoms with van der Waals surface area (Å²) in [6.07, 6.45) is 1.70. The van der Waals surface area contributed by atoms with E-state index in [-0.39, 0.29) is 12.1 Å². The van der Waals surface area contributed by atoms with Crippen LogP contribution in [0.1, 0.15) is 24.4 Å². The topological polar surface area (TPSA) is 96.2 Å². The zero-order valence-electron chi connectivity index (χ0n) is 16.6. The molecule has 3 aromatic rings. The van der Waals surface area contributed by atoms with Crippen molar-refractivity contribution < 1.29 is 9.32 Å². The maximum atomic E-state index is 12.3. The summed E-state index contributed by atoms with van der Waals surface area (Å²) in [5.41, 5.74) is 1.88. The third-order valence-corrected chi connectivity index (χ3v) is 4.92. The normalized spacial score (nSPS) is 14.6. The minimum Gasteiger partial charge on any atom is -0.356 e. The molecule has 1 aromatic carbocycles. The fraction of sp³-hybridized carbons (Fsp3) is 0.333. The van der Waals surface area contributed by atoms with E-state index < -0.39 is 0 Å². The molecule has 0 saturated carbocycles. The molecule has 8 heteroatoms. The van der Waals surface area contributed by atoms with Crippen LogP contribution < -0.4 is 15.5 Å². The first kappa shape index (κ1) is 18.9. The average molecular weight is 392 g/mol. The number of nitrogens with one attached hydrogen (secondary N) is 2. The second kappa shape index (κ2) is 8.30. The highest BCUT2D eigenvalue weighted by atomic mass is 16.5. The highest BCUT2D eigenvalue weighted by Gasteiger charge is 2.22. The van der Waals surface area contributed by atoms with Gasteiger partial charge >= 0.3 is 6.03 Å². The van der Waals surface area contributed by atoms with Gasteiger partial charge in [-0.1, -0.05) is 35.5 Å². The Labute approximate surface area is 169 Å². The predicted octanol–water partition coefficient (Wildman–Crippen LogP) is 3.54. The van der Waals surface area contributed by atoms with Crippen molar-refractivity contribution in [3.05, 3.63) is 54.0 Å². The molecule has 0 spiro atoms. The molecule has 0 aliphatic carbocycles. The number of hydrogen-bond donors (Lipinski definition) is 2. The number of carbonyl (C=O) groups is 1. The smallest absolute Gasteiger partial charge is 0.320 e. The van der Waals surface area contributed by atoms with E-state index in [2.05, 4.69) is 30.7 Å². The number of nitrogens with zero attached hydrogens (tertiary/aromatic N) is 4. The van der Waals surface area contributed by atoms with Crippen molar-refractivity contribution in [2.75, 3.05) is 23.3 Å². The van der Waals surface area contributed by atoms with E-state index in [1.807, 2.05) is 50.2 Å². The number of hydrogen-bond acceptors (Lipinski definition) is 6. The Morgan fingerprint density at radius 2 is 1.86 bits per heavy atom. The van der Waals surface area contributed by atoms with E-state index in [1.165, 1.54) is 0 Å². The second-order valence-corrected chi connectivity index (χ2v) is 7.22. The molecule has 1 aliphatic rings. The van der Waals surface area contributed by atoms with Crippen LogP contribution in [-0.2, 0) is 0 Å². The number of aromatic nitrogens is 3. The molecule has 0 unspecified atom stereocenters. The summed E-state index contributed by atoms with van der Waals surface area (Å²) in [6, 6.07) is 13.2. The van der Waals surface area contributed by atoms with Crippen molar-refractivity contribution in [1.29, 1.82) is 0 Å². The lowest BCUT2D eigenvalue weighted by molar-refractivity contribution is 0.245. The van der Waals surface area contributed by atoms with E-state index in [0.717, 1.165) is 48.8 Å². The average Bonchev–Trinajstić information content (AvgIpc) is 3.17. The summed E-state index contributed by atoms with van der Waals surface area (Å²) >= 11 is 0. The molecule has 1 aliphatic heterocycles. The van der Waals surface area contributed by atoms with Crippen LogP contribution in [0.3, 0.4) is 0 Å². The van der Waals surface area contributed by atoms with Crippen LogP contribution in [0.5, 0.6) is 0 Å². The number of piperidine rings is 1. The summed E-state index contributed by atoms with van der Waals surface area (Å²) in [5, 5.41) is 9.69. The van der Waals surface area contributed by atoms with E-state index in [4.69, 9.17) is 4.52 Å². The van der Waals surface area contributed by atoms with Gasteiger partial charge in [0.05, 0.1) is 0 Å². The second-order valence-electron chi connectivity index (χ2n) is 7.22. The van der Waals surface area contributed by atoms with Gasteiger partial charge in [-0.05, 0) is 26.7 Å². The van der Waals surface area contributed by atoms with Crippen molar-refractivity contribution in [2.24, 2.45) is 0 Å². The maximum absolute atomic E-state index is 12.3. The van der Waals surface area contributed by atoms with Crippen LogP contribution in [-0.4, -0.2) is 40.3 Å². The van der Waals surface area contributed by atoms with Crippen LogP contribution in [0.4, 0.5) is 16.4 Å². The zero-order valence-corrected chi connectivity index (χ0v) is 16.6. The molecule has 8 nitrogen and oxygen atoms in total. The fourth-order valence-electron chi connectivity index (χ4n) is 3.52. The van der Waals surface area contributed by atoms with Gasteiger partial charge in [-0.15, -0.1) is 0 Å². The summed E-state index contributed by atoms with van der Waals surface area (Å²) in [7, 11) is 0. The maximum Gasteiger partial charge on any atom is 0.320 e. The van der Waals surface area contributed by atoms with Crippen LogP contribution in [0.15, 0.2) is 47.0 Å². The molecule has 1 saturated heterocycles. The molecule has 1 fully saturated rings. The molecule has 0 bridgehead atoms. The molecule has 29 heavy (non-hydrogen) atoms. The molecule has 3 heterocycles. The van der Waals surface area contributed by atoms with Gasteiger partial charge in [-0.25, -0.2) is 14.8 Å². The van der Waals surface area contributed by atoms with Gasteiger partial charge in [0, 0.05) is 42.5 Å². The standard InChI is InChI=1S/C21H24N6O2/c1-14-12-20(23-15(2)22-14)27-10-8-17(9-11-27)24-21(28)25-19-13-18(29-26-19)16-6-4-3-5-7-16/h3-7,12-13,17H,8-11H2,1-2H3,(H2,24,25,26,28). The quantitative estimate of drug-likeness (QED) is 0.705. The van der Waals surface area contributed by atoms with Crippen molar-refractivity contribution in [1.82, 2.24) is 20.4 Å². The molecule has 2 amide bonds. The first-order valence-electron chi connectivity index (χ1n) is 9.74. The van der Waals surface area contributed by atoms with Crippen molar-refractivity contribution in [3.63, 3.8) is 0 Å². The van der Waals surface area contributed by atoms with Gasteiger partial charge in [0.1, 0.15) is 11.6 Å². The van der Waals surface area contributed by atoms with Gasteiger partial charge < -0.3 is 14.7 Å². The van der Waals surface area contributed by atoms with Gasteiger partial charge in [-0.2, -0.15) is 0 Å². The number of anilines is 2. The first-order valence-corrected chi connectivity index (χ1v) is 9.74. The van der Waals surface area contributed by atoms with Gasteiger partial charge in [0.15, 0.2) is 11.6 Å². The Balaban J connectivity index is 1.28. The monoisotopic (exact) mass is 392 g/mol. The Hall–Kier alpha value is -3.42. The summed E-state index contributed by atoms with van der Waals surface area (Å²) < 4.78 is 5.31. The van der Waals surface area contributed by atoms with E-state index in [9.17, 15) is 4.79 Å². The van der Waals surface area contributed by atoms with Crippen molar-refractivity contribution in [2.45, 2.75) is 32.7 Å². The largest absolute Gasteiger partial charge is 0.356 e. The Bertz CT molecular complexity index is 960. The van der Waals surface area contributed by atoms with Gasteiger partial charge in [0.25, 0.3) is 0 Å². The number of aryl methyl sites for hydroxylation is 2. The van der Waals surface area contributed by atoms with E-state index >= 15 is 0 Å². The first-order chi connectivity index (χ1) is 14.1. The molecular formula is C21H24N6O2. The number of amides is 2. The Morgan fingerprint density at radius 1 is 1.10 bits per heavy atom. The summed E-state index contributed by atoms with van der Waals surface area (Å²) in [6.45, 7) is 5.55. The molecule has 4 rings (SSSR count). The summed E-state index contributed by atoms with van der Waals surface area (Å²) in [5.74, 6) is 2.74. The number of rotatable bonds is 4. The number of carbonyl (C=O) groups excluding carboxylic acids is 1. The Kier molecular flexibility index (Phi) is 5.41. The SMILES string of the molecule is Cc1cc(N2CCC(NC(=O)Nc3cc(-c4ccccc4)on3)CC2)nc(C)n1. The molecule has 0 atom stereocenters. The lowest BCUT2D eigenvalue weighted by Crippen LogP contribution is -2.46. The van der Waals surface area contributed by atoms with E-state index in [1.54, 1.807) is 6.07 Å². The molecular weight excluding hydrogens is 368 g/mol. The van der Waals surface area contributed by atoms with Crippen molar-refractivity contribution in [3.8, 4) is 11.3 Å². The highest BCUT2D eigenvalue weighted by molar-refractivity contribution is 5.88. The molecule has 0 radical (unpaired) electrons. The number of benzene rings is 1. The zero-order chi connectivity index (χ0) is 20.2. The van der Waals surface area contributed by atoms with Crippen LogP contribution in [0.25, 0.3) is 11.3 Å². The molecule has 2 N–H and O–H groups in total. The van der Waals surface area contributed by atoms with Crippen LogP contribution in [0.2, 0.25) is 0 Å². The fourth-order valence-corrected chi connectivity index (χ4v) is 3.52. The van der Waals surface area contributed by atoms with Crippen molar-refractivity contribution >= 4 is 17.7 Å². The Morgan fingerprint density at radius 3 is 2.59 bits per heavy atom.